The second-order valence-corrected chi connectivity index (χ2v) is 21.6. The molecule has 0 saturated heterocycles. The zero-order valence-electron chi connectivity index (χ0n) is 42.9. The van der Waals surface area contributed by atoms with E-state index >= 15 is 0 Å². The minimum absolute atomic E-state index is 0.234. The summed E-state index contributed by atoms with van der Waals surface area (Å²) in [6.45, 7) is 4.64. The van der Waals surface area contributed by atoms with E-state index < -0.39 is 15.5 Å². The molecule has 2 aromatic heterocycles. The highest BCUT2D eigenvalue weighted by Crippen LogP contribution is 2.54. The number of aryl methyl sites for hydroxylation is 1. The van der Waals surface area contributed by atoms with Crippen LogP contribution in [0.3, 0.4) is 0 Å². The summed E-state index contributed by atoms with van der Waals surface area (Å²) in [7, 11) is -0.643. The largest absolute Gasteiger partial charge is 0.460 e. The zero-order valence-corrected chi connectivity index (χ0v) is 43.7. The molecule has 12 aromatic rings. The molecule has 0 saturated carbocycles. The number of fused-ring (bicyclic) bond motifs is 2. The molecule has 2 unspecified atom stereocenters. The van der Waals surface area contributed by atoms with Crippen molar-refractivity contribution in [2.24, 2.45) is 0 Å². The van der Waals surface area contributed by atoms with Crippen LogP contribution in [0.25, 0.3) is 106 Å². The normalized spacial score (nSPS) is 15.4. The van der Waals surface area contributed by atoms with Gasteiger partial charge < -0.3 is 18.9 Å². The van der Waals surface area contributed by atoms with E-state index in [1.165, 1.54) is 43.8 Å². The number of rotatable bonds is 11. The van der Waals surface area contributed by atoms with Crippen molar-refractivity contribution in [2.45, 2.75) is 25.2 Å². The second-order valence-electron chi connectivity index (χ2n) is 20.2. The van der Waals surface area contributed by atoms with Crippen molar-refractivity contribution in [2.75, 3.05) is 0 Å². The van der Waals surface area contributed by atoms with Gasteiger partial charge >= 0.3 is 0 Å². The molecular formula is C72H53N2O2S-. The molecule has 0 spiro atoms. The fourth-order valence-corrected chi connectivity index (χ4v) is 12.5. The van der Waals surface area contributed by atoms with Crippen LogP contribution < -0.4 is 0 Å². The summed E-state index contributed by atoms with van der Waals surface area (Å²) < 4.78 is 13.4. The molecule has 77 heavy (non-hydrogen) atoms. The minimum Gasteiger partial charge on any atom is -0.460 e. The number of nitrogens with zero attached hydrogens (tertiary/aromatic N) is 2. The molecule has 0 bridgehead atoms. The Labute approximate surface area is 451 Å². The van der Waals surface area contributed by atoms with Gasteiger partial charge in [-0.05, 0) is 115 Å². The van der Waals surface area contributed by atoms with E-state index in [-0.39, 0.29) is 5.92 Å². The molecular weight excluding hydrogens is 957 g/mol. The van der Waals surface area contributed by atoms with E-state index in [1.54, 1.807) is 0 Å². The van der Waals surface area contributed by atoms with Crippen LogP contribution in [0.1, 0.15) is 35.1 Å². The van der Waals surface area contributed by atoms with Crippen LogP contribution >= 0.6 is 0 Å². The average molecular weight is 1010 g/mol. The van der Waals surface area contributed by atoms with Gasteiger partial charge in [-0.1, -0.05) is 225 Å². The summed E-state index contributed by atoms with van der Waals surface area (Å²) in [5.41, 5.74) is 21.1. The fourth-order valence-electron chi connectivity index (χ4n) is 11.3. The van der Waals surface area contributed by atoms with Crippen molar-refractivity contribution in [3.8, 4) is 78.5 Å². The van der Waals surface area contributed by atoms with Gasteiger partial charge in [0.05, 0.1) is 0 Å². The van der Waals surface area contributed by atoms with Crippen LogP contribution in [-0.2, 0) is 15.5 Å². The second kappa shape index (κ2) is 19.8. The number of hydrogen-bond acceptors (Lipinski definition) is 5. The van der Waals surface area contributed by atoms with Gasteiger partial charge in [0.15, 0.2) is 11.2 Å². The van der Waals surface area contributed by atoms with E-state index in [0.29, 0.717) is 34.0 Å². The van der Waals surface area contributed by atoms with Gasteiger partial charge in [-0.15, -0.1) is 0 Å². The fraction of sp³-hybridized carbons (Fsp3) is 0.0556. The third kappa shape index (κ3) is 8.95. The highest BCUT2D eigenvalue weighted by Gasteiger charge is 2.41. The van der Waals surface area contributed by atoms with Crippen LogP contribution in [0.2, 0.25) is 0 Å². The Hall–Kier alpha value is -9.29. The highest BCUT2D eigenvalue weighted by molar-refractivity contribution is 7.95. The maximum Gasteiger partial charge on any atom is 0.227 e. The molecule has 5 heteroatoms. The van der Waals surface area contributed by atoms with E-state index in [1.807, 2.05) is 18.2 Å². The first-order valence-corrected chi connectivity index (χ1v) is 27.6. The lowest BCUT2D eigenvalue weighted by atomic mass is 9.63. The maximum atomic E-state index is 6.91. The molecule has 10 aromatic carbocycles. The molecule has 2 atom stereocenters. The summed E-state index contributed by atoms with van der Waals surface area (Å²) >= 11 is 0. The zero-order chi connectivity index (χ0) is 52.0. The first kappa shape index (κ1) is 47.4. The van der Waals surface area contributed by atoms with Crippen molar-refractivity contribution in [1.29, 1.82) is 0 Å². The molecule has 4 nitrogen and oxygen atoms in total. The number of benzene rings is 10. The van der Waals surface area contributed by atoms with Crippen LogP contribution in [-0.4, -0.2) is 21.7 Å². The van der Waals surface area contributed by atoms with Gasteiger partial charge in [0.25, 0.3) is 0 Å². The molecule has 0 fully saturated rings. The monoisotopic (exact) mass is 1010 g/mol. The SMILES string of the molecule is C=[S-](=C)C1=CC(c2ccc(-c3ccccc3)cc2)=CC(c2cc(-c3ccccc3)ccc2-c2nc3cc4oc(-c5ccc(-c6ccccc6)cc5)nc4cc3o2)C1(C)c1ccc(-c2ccc(-c3ccccc3)cc2)cc1C. The van der Waals surface area contributed by atoms with E-state index in [2.05, 4.69) is 250 Å². The number of aromatic nitrogens is 2. The highest BCUT2D eigenvalue weighted by atomic mass is 32.2. The van der Waals surface area contributed by atoms with Crippen molar-refractivity contribution in [3.63, 3.8) is 0 Å². The van der Waals surface area contributed by atoms with E-state index in [9.17, 15) is 0 Å². The average Bonchev–Trinajstić information content (AvgIpc) is 4.19. The molecule has 0 N–H and O–H groups in total. The Morgan fingerprint density at radius 1 is 0.416 bits per heavy atom. The summed E-state index contributed by atoms with van der Waals surface area (Å²) in [6, 6.07) is 85.8. The Balaban J connectivity index is 0.954. The summed E-state index contributed by atoms with van der Waals surface area (Å²) in [5.74, 6) is 10.3. The molecule has 0 radical (unpaired) electrons. The third-order valence-corrected chi connectivity index (χ3v) is 16.5. The van der Waals surface area contributed by atoms with Crippen LogP contribution in [0.4, 0.5) is 0 Å². The Morgan fingerprint density at radius 3 is 1.30 bits per heavy atom. The maximum absolute atomic E-state index is 6.91. The molecule has 2 heterocycles. The lowest BCUT2D eigenvalue weighted by molar-refractivity contribution is 0.514. The molecule has 1 aliphatic rings. The van der Waals surface area contributed by atoms with Crippen molar-refractivity contribution in [3.05, 3.63) is 282 Å². The quantitative estimate of drug-likeness (QED) is 0.0957. The lowest BCUT2D eigenvalue weighted by Gasteiger charge is -2.48. The van der Waals surface area contributed by atoms with Gasteiger partial charge in [-0.3, -0.25) is 0 Å². The van der Waals surface area contributed by atoms with Gasteiger partial charge in [0, 0.05) is 34.6 Å². The predicted molar refractivity (Wildman–Crippen MR) is 325 cm³/mol. The van der Waals surface area contributed by atoms with Crippen molar-refractivity contribution >= 4 is 49.6 Å². The molecule has 13 rings (SSSR count). The van der Waals surface area contributed by atoms with Crippen LogP contribution in [0.5, 0.6) is 0 Å². The summed E-state index contributed by atoms with van der Waals surface area (Å²) in [5, 5.41) is 0. The smallest absolute Gasteiger partial charge is 0.227 e. The molecule has 0 aliphatic heterocycles. The van der Waals surface area contributed by atoms with E-state index in [0.717, 1.165) is 55.6 Å². The minimum atomic E-state index is -0.643. The number of oxazole rings is 2. The van der Waals surface area contributed by atoms with Crippen LogP contribution in [0, 0.1) is 6.92 Å². The molecule has 0 amide bonds. The van der Waals surface area contributed by atoms with Crippen LogP contribution in [0.15, 0.2) is 269 Å². The molecule has 1 aliphatic carbocycles. The van der Waals surface area contributed by atoms with Gasteiger partial charge in [-0.2, -0.15) is 4.91 Å². The summed E-state index contributed by atoms with van der Waals surface area (Å²) in [4.78, 5) is 11.4. The first-order valence-electron chi connectivity index (χ1n) is 26.0. The molecule has 370 valence electrons. The number of hydrogen-bond donors (Lipinski definition) is 0. The first-order chi connectivity index (χ1) is 37.7. The Morgan fingerprint density at radius 2 is 0.805 bits per heavy atom. The standard InChI is InChI=1S/C72H53N2O2S/c1-47-41-58(55-29-25-52(26-30-55)48-17-9-5-10-18-48)38-40-63(47)72(2)64(43-60(44-69(72)77(3)4)56-31-27-53(28-32-56)49-19-11-6-12-20-49)62-42-59(51-23-15-8-16-24-51)37-39-61(62)71-74-66-46-67-65(45-68(66)76-71)73-70(75-67)57-35-33-54(34-36-57)50-21-13-7-14-22-50/h5-46,64H,3-4H2,1-2H3/q-1. The van der Waals surface area contributed by atoms with Crippen molar-refractivity contribution in [1.82, 2.24) is 9.97 Å². The van der Waals surface area contributed by atoms with Crippen molar-refractivity contribution < 1.29 is 8.83 Å². The predicted octanol–water partition coefficient (Wildman–Crippen LogP) is 18.5. The Kier molecular flexibility index (Phi) is 12.2. The Bertz CT molecular complexity index is 4230. The topological polar surface area (TPSA) is 52.1 Å². The number of allylic oxidation sites excluding steroid dienone is 4. The van der Waals surface area contributed by atoms with Gasteiger partial charge in [0.2, 0.25) is 11.8 Å². The van der Waals surface area contributed by atoms with Gasteiger partial charge in [0.1, 0.15) is 11.0 Å². The summed E-state index contributed by atoms with van der Waals surface area (Å²) in [6.07, 6.45) is 4.83. The third-order valence-electron chi connectivity index (χ3n) is 15.4. The van der Waals surface area contributed by atoms with Gasteiger partial charge in [-0.25, -0.2) is 21.7 Å². The lowest BCUT2D eigenvalue weighted by Crippen LogP contribution is -2.35. The van der Waals surface area contributed by atoms with E-state index in [4.69, 9.17) is 30.5 Å².